The van der Waals surface area contributed by atoms with Crippen LogP contribution in [0.4, 0.5) is 18.9 Å². The lowest BCUT2D eigenvalue weighted by Gasteiger charge is -2.12. The average molecular weight is 392 g/mol. The van der Waals surface area contributed by atoms with E-state index in [9.17, 15) is 22.8 Å². The molecule has 0 fully saturated rings. The quantitative estimate of drug-likeness (QED) is 0.761. The van der Waals surface area contributed by atoms with Crippen molar-refractivity contribution in [2.24, 2.45) is 0 Å². The summed E-state index contributed by atoms with van der Waals surface area (Å²) in [4.78, 5) is 23.5. The van der Waals surface area contributed by atoms with E-state index in [0.29, 0.717) is 11.1 Å². The number of nitrogens with one attached hydrogen (secondary N) is 1. The van der Waals surface area contributed by atoms with Gasteiger partial charge in [0, 0.05) is 5.02 Å². The number of benzene rings is 2. The predicted molar refractivity (Wildman–Crippen MR) is 86.8 cm³/mol. The van der Waals surface area contributed by atoms with Crippen LogP contribution < -0.4 is 5.32 Å². The molecule has 9 heteroatoms. The molecule has 25 heavy (non-hydrogen) atoms. The molecule has 1 N–H and O–H groups in total. The van der Waals surface area contributed by atoms with E-state index in [1.807, 2.05) is 0 Å². The summed E-state index contributed by atoms with van der Waals surface area (Å²) in [5.41, 5.74) is -1.07. The Balaban J connectivity index is 2.00. The molecule has 1 amide bonds. The van der Waals surface area contributed by atoms with E-state index >= 15 is 0 Å². The number of amides is 1. The zero-order valence-electron chi connectivity index (χ0n) is 12.4. The lowest BCUT2D eigenvalue weighted by molar-refractivity contribution is -0.137. The minimum Gasteiger partial charge on any atom is -0.452 e. The van der Waals surface area contributed by atoms with Gasteiger partial charge in [-0.3, -0.25) is 4.79 Å². The molecule has 0 aliphatic heterocycles. The molecule has 4 nitrogen and oxygen atoms in total. The molecular weight excluding hydrogens is 382 g/mol. The highest BCUT2D eigenvalue weighted by atomic mass is 35.5. The summed E-state index contributed by atoms with van der Waals surface area (Å²) in [7, 11) is 0. The lowest BCUT2D eigenvalue weighted by atomic mass is 10.2. The van der Waals surface area contributed by atoms with E-state index in [0.717, 1.165) is 12.1 Å². The summed E-state index contributed by atoms with van der Waals surface area (Å²) in [6.45, 7) is -0.697. The summed E-state index contributed by atoms with van der Waals surface area (Å²) in [5, 5.41) is 2.40. The molecule has 0 atom stereocenters. The monoisotopic (exact) mass is 391 g/mol. The normalized spacial score (nSPS) is 11.1. The van der Waals surface area contributed by atoms with Crippen molar-refractivity contribution in [1.82, 2.24) is 0 Å². The number of carbonyl (C=O) groups is 2. The van der Waals surface area contributed by atoms with Gasteiger partial charge in [-0.15, -0.1) is 0 Å². The maximum Gasteiger partial charge on any atom is 0.416 e. The molecule has 2 rings (SSSR count). The van der Waals surface area contributed by atoms with Gasteiger partial charge in [-0.1, -0.05) is 29.3 Å². The van der Waals surface area contributed by atoms with E-state index < -0.39 is 30.2 Å². The molecule has 0 bridgehead atoms. The number of rotatable bonds is 4. The van der Waals surface area contributed by atoms with Gasteiger partial charge in [-0.05, 0) is 36.4 Å². The van der Waals surface area contributed by atoms with Crippen LogP contribution in [0.3, 0.4) is 0 Å². The Bertz CT molecular complexity index is 809. The van der Waals surface area contributed by atoms with Crippen LogP contribution in [0.25, 0.3) is 0 Å². The Hall–Kier alpha value is -2.25. The van der Waals surface area contributed by atoms with Crippen molar-refractivity contribution in [2.45, 2.75) is 6.18 Å². The molecule has 0 heterocycles. The smallest absolute Gasteiger partial charge is 0.416 e. The second-order valence-electron chi connectivity index (χ2n) is 4.83. The maximum atomic E-state index is 12.7. The third kappa shape index (κ3) is 5.37. The third-order valence-electron chi connectivity index (χ3n) is 2.96. The molecular formula is C16H10Cl2F3NO3. The van der Waals surface area contributed by atoms with E-state index in [1.165, 1.54) is 18.2 Å². The van der Waals surface area contributed by atoms with Crippen molar-refractivity contribution >= 4 is 40.8 Å². The summed E-state index contributed by atoms with van der Waals surface area (Å²) >= 11 is 11.5. The summed E-state index contributed by atoms with van der Waals surface area (Å²) in [5.74, 6) is -1.63. The van der Waals surface area contributed by atoms with Crippen molar-refractivity contribution in [2.75, 3.05) is 11.9 Å². The minimum absolute atomic E-state index is 0.0810. The van der Waals surface area contributed by atoms with Gasteiger partial charge in [0.2, 0.25) is 0 Å². The van der Waals surface area contributed by atoms with E-state index in [4.69, 9.17) is 27.9 Å². The fourth-order valence-corrected chi connectivity index (χ4v) is 2.17. The highest BCUT2D eigenvalue weighted by molar-refractivity contribution is 6.33. The van der Waals surface area contributed by atoms with Crippen molar-refractivity contribution < 1.29 is 27.5 Å². The highest BCUT2D eigenvalue weighted by Gasteiger charge is 2.31. The van der Waals surface area contributed by atoms with Gasteiger partial charge < -0.3 is 10.1 Å². The fourth-order valence-electron chi connectivity index (χ4n) is 1.81. The molecule has 0 aromatic heterocycles. The molecule has 0 saturated carbocycles. The van der Waals surface area contributed by atoms with Gasteiger partial charge in [0.05, 0.1) is 21.8 Å². The molecule has 0 radical (unpaired) electrons. The number of halogens is 5. The minimum atomic E-state index is -4.58. The molecule has 2 aromatic carbocycles. The second-order valence-corrected chi connectivity index (χ2v) is 5.67. The zero-order chi connectivity index (χ0) is 18.6. The topological polar surface area (TPSA) is 55.4 Å². The first-order valence-electron chi connectivity index (χ1n) is 6.76. The van der Waals surface area contributed by atoms with Gasteiger partial charge in [0.25, 0.3) is 5.91 Å². The summed E-state index contributed by atoms with van der Waals surface area (Å²) in [6, 6.07) is 8.37. The van der Waals surface area contributed by atoms with Crippen LogP contribution in [-0.2, 0) is 15.7 Å². The Morgan fingerprint density at radius 2 is 1.80 bits per heavy atom. The van der Waals surface area contributed by atoms with Gasteiger partial charge >= 0.3 is 12.1 Å². The van der Waals surface area contributed by atoms with Gasteiger partial charge in [0.15, 0.2) is 6.61 Å². The Morgan fingerprint density at radius 1 is 1.08 bits per heavy atom. The number of hydrogen-bond acceptors (Lipinski definition) is 3. The van der Waals surface area contributed by atoms with E-state index in [1.54, 1.807) is 6.07 Å². The van der Waals surface area contributed by atoms with Gasteiger partial charge in [-0.25, -0.2) is 4.79 Å². The Kier molecular flexibility index (Phi) is 5.92. The molecule has 0 aliphatic carbocycles. The second kappa shape index (κ2) is 7.76. The predicted octanol–water partition coefficient (Wildman–Crippen LogP) is 4.81. The zero-order valence-corrected chi connectivity index (χ0v) is 13.9. The Labute approximate surface area is 150 Å². The van der Waals surface area contributed by atoms with Crippen molar-refractivity contribution in [3.63, 3.8) is 0 Å². The van der Waals surface area contributed by atoms with Crippen molar-refractivity contribution in [3.05, 3.63) is 63.6 Å². The number of esters is 1. The van der Waals surface area contributed by atoms with Crippen LogP contribution in [0.15, 0.2) is 42.5 Å². The van der Waals surface area contributed by atoms with Crippen LogP contribution in [0, 0.1) is 0 Å². The van der Waals surface area contributed by atoms with E-state index in [2.05, 4.69) is 5.32 Å². The number of ether oxygens (including phenoxy) is 1. The number of carbonyl (C=O) groups excluding carboxylic acids is 2. The van der Waals surface area contributed by atoms with Crippen LogP contribution >= 0.6 is 23.2 Å². The van der Waals surface area contributed by atoms with Crippen LogP contribution in [0.5, 0.6) is 0 Å². The SMILES string of the molecule is O=C(COC(=O)c1cccc(Cl)c1)Nc1cc(C(F)(F)F)ccc1Cl. The summed E-state index contributed by atoms with van der Waals surface area (Å²) < 4.78 is 42.8. The first kappa shape index (κ1) is 19.1. The summed E-state index contributed by atoms with van der Waals surface area (Å²) in [6.07, 6.45) is -4.58. The fraction of sp³-hybridized carbons (Fsp3) is 0.125. The van der Waals surface area contributed by atoms with Crippen molar-refractivity contribution in [3.8, 4) is 0 Å². The molecule has 132 valence electrons. The van der Waals surface area contributed by atoms with Gasteiger partial charge in [-0.2, -0.15) is 13.2 Å². The molecule has 0 saturated heterocycles. The van der Waals surface area contributed by atoms with Crippen LogP contribution in [-0.4, -0.2) is 18.5 Å². The molecule has 0 spiro atoms. The largest absolute Gasteiger partial charge is 0.452 e. The van der Waals surface area contributed by atoms with E-state index in [-0.39, 0.29) is 16.3 Å². The first-order chi connectivity index (χ1) is 11.7. The maximum absolute atomic E-state index is 12.7. The average Bonchev–Trinajstić information content (AvgIpc) is 2.53. The van der Waals surface area contributed by atoms with Gasteiger partial charge in [0.1, 0.15) is 0 Å². The Morgan fingerprint density at radius 3 is 2.44 bits per heavy atom. The molecule has 0 unspecified atom stereocenters. The molecule has 0 aliphatic rings. The van der Waals surface area contributed by atoms with Crippen LogP contribution in [0.2, 0.25) is 10.0 Å². The third-order valence-corrected chi connectivity index (χ3v) is 3.53. The molecule has 2 aromatic rings. The number of alkyl halides is 3. The number of hydrogen-bond donors (Lipinski definition) is 1. The van der Waals surface area contributed by atoms with Crippen molar-refractivity contribution in [1.29, 1.82) is 0 Å². The standard InChI is InChI=1S/C16H10Cl2F3NO3/c17-11-3-1-2-9(6-11)15(24)25-8-14(23)22-13-7-10(16(19,20)21)4-5-12(13)18/h1-7H,8H2,(H,22,23). The lowest BCUT2D eigenvalue weighted by Crippen LogP contribution is -2.21. The van der Waals surface area contributed by atoms with Crippen LogP contribution in [0.1, 0.15) is 15.9 Å². The number of anilines is 1. The highest BCUT2D eigenvalue weighted by Crippen LogP contribution is 2.33. The first-order valence-corrected chi connectivity index (χ1v) is 7.51.